The Bertz CT molecular complexity index is 1150. The Balaban J connectivity index is 0.00000166. The van der Waals surface area contributed by atoms with Crippen molar-refractivity contribution in [2.45, 2.75) is 24.9 Å². The van der Waals surface area contributed by atoms with E-state index < -0.39 is 27.3 Å². The molecule has 0 unspecified atom stereocenters. The molecule has 0 heterocycles. The first-order valence-electron chi connectivity index (χ1n) is 9.35. The van der Waals surface area contributed by atoms with Crippen molar-refractivity contribution in [3.63, 3.8) is 0 Å². The van der Waals surface area contributed by atoms with Crippen LogP contribution in [-0.4, -0.2) is 14.7 Å². The third kappa shape index (κ3) is 6.39. The summed E-state index contributed by atoms with van der Waals surface area (Å²) < 4.78 is 68.1. The second-order valence-corrected chi connectivity index (χ2v) is 8.28. The first kappa shape index (κ1) is 24.1. The zero-order chi connectivity index (χ0) is 23.2. The van der Waals surface area contributed by atoms with Gasteiger partial charge in [0, 0.05) is 18.0 Å². The molecule has 3 aromatic carbocycles. The smallest absolute Gasteiger partial charge is 0.418 e. The van der Waals surface area contributed by atoms with Crippen LogP contribution in [0.1, 0.15) is 19.4 Å². The Kier molecular flexibility index (Phi) is 7.56. The molecule has 0 aliphatic carbocycles. The number of anilines is 3. The van der Waals surface area contributed by atoms with E-state index in [1.54, 1.807) is 36.4 Å². The lowest BCUT2D eigenvalue weighted by Gasteiger charge is -2.15. The molecule has 0 bridgehead atoms. The van der Waals surface area contributed by atoms with Crippen LogP contribution in [0.5, 0.6) is 11.5 Å². The summed E-state index contributed by atoms with van der Waals surface area (Å²) in [5.41, 5.74) is 4.89. The second-order valence-electron chi connectivity index (χ2n) is 6.27. The van der Waals surface area contributed by atoms with Crippen LogP contribution in [-0.2, 0) is 16.0 Å². The van der Waals surface area contributed by atoms with Gasteiger partial charge in [0.05, 0.1) is 21.8 Å². The van der Waals surface area contributed by atoms with Crippen LogP contribution >= 0.6 is 0 Å². The fourth-order valence-electron chi connectivity index (χ4n) is 2.62. The Morgan fingerprint density at radius 2 is 1.48 bits per heavy atom. The molecule has 3 N–H and O–H groups in total. The molecule has 9 heteroatoms. The van der Waals surface area contributed by atoms with E-state index in [-0.39, 0.29) is 10.6 Å². The highest BCUT2D eigenvalue weighted by Crippen LogP contribution is 2.38. The van der Waals surface area contributed by atoms with Gasteiger partial charge < -0.3 is 15.8 Å². The van der Waals surface area contributed by atoms with Gasteiger partial charge in [0.25, 0.3) is 0 Å². The second kappa shape index (κ2) is 9.74. The van der Waals surface area contributed by atoms with Crippen molar-refractivity contribution in [3.05, 3.63) is 72.3 Å². The van der Waals surface area contributed by atoms with Crippen LogP contribution in [0.25, 0.3) is 0 Å². The number of para-hydroxylation sites is 1. The summed E-state index contributed by atoms with van der Waals surface area (Å²) in [6.45, 7) is 4.00. The zero-order valence-electron chi connectivity index (χ0n) is 17.2. The molecular weight excluding hydrogens is 429 g/mol. The average molecular weight is 452 g/mol. The quantitative estimate of drug-likeness (QED) is 0.447. The van der Waals surface area contributed by atoms with E-state index >= 15 is 0 Å². The lowest BCUT2D eigenvalue weighted by atomic mass is 10.1. The first-order chi connectivity index (χ1) is 14.5. The minimum Gasteiger partial charge on any atom is -0.457 e. The van der Waals surface area contributed by atoms with Crippen LogP contribution in [0.3, 0.4) is 0 Å². The summed E-state index contributed by atoms with van der Waals surface area (Å²) in [5.74, 6) is 0.676. The third-order valence-electron chi connectivity index (χ3n) is 3.99. The number of halogens is 3. The Hall–Kier alpha value is -3.20. The van der Waals surface area contributed by atoms with Crippen molar-refractivity contribution >= 4 is 26.9 Å². The third-order valence-corrected chi connectivity index (χ3v) is 5.10. The molecular formula is C22H23F3N2O3S. The van der Waals surface area contributed by atoms with Gasteiger partial charge in [-0.05, 0) is 42.5 Å². The number of hydrogen-bond donors (Lipinski definition) is 2. The van der Waals surface area contributed by atoms with Crippen molar-refractivity contribution < 1.29 is 26.3 Å². The molecule has 0 aliphatic heterocycles. The highest BCUT2D eigenvalue weighted by Gasteiger charge is 2.33. The predicted octanol–water partition coefficient (Wildman–Crippen LogP) is 6.25. The zero-order valence-corrected chi connectivity index (χ0v) is 18.0. The standard InChI is InChI=1S/C20H17F3N2O3S.C2H6/c1-29(26,27)16-8-3-7-15(12-16)28-14-6-2-5-13(11-14)25-18-10-4-9-17(19(18)24)20(21,22)23;1-2/h2-12,25H,24H2,1H3;1-2H3. The van der Waals surface area contributed by atoms with Gasteiger partial charge in [0.15, 0.2) is 9.84 Å². The number of rotatable bonds is 5. The summed E-state index contributed by atoms with van der Waals surface area (Å²) in [4.78, 5) is 0.112. The largest absolute Gasteiger partial charge is 0.457 e. The molecule has 3 aromatic rings. The number of ether oxygens (including phenoxy) is 1. The summed E-state index contributed by atoms with van der Waals surface area (Å²) in [6.07, 6.45) is -3.46. The molecule has 31 heavy (non-hydrogen) atoms. The number of nitrogen functional groups attached to an aromatic ring is 1. The predicted molar refractivity (Wildman–Crippen MR) is 117 cm³/mol. The van der Waals surface area contributed by atoms with E-state index in [0.29, 0.717) is 17.2 Å². The topological polar surface area (TPSA) is 81.4 Å². The van der Waals surface area contributed by atoms with Gasteiger partial charge in [-0.2, -0.15) is 13.2 Å². The maximum absolute atomic E-state index is 13.0. The Morgan fingerprint density at radius 3 is 2.10 bits per heavy atom. The van der Waals surface area contributed by atoms with Gasteiger partial charge >= 0.3 is 6.18 Å². The minimum atomic E-state index is -4.56. The van der Waals surface area contributed by atoms with E-state index in [1.807, 2.05) is 13.8 Å². The maximum Gasteiger partial charge on any atom is 0.418 e. The average Bonchev–Trinajstić information content (AvgIpc) is 2.70. The molecule has 0 atom stereocenters. The molecule has 0 spiro atoms. The van der Waals surface area contributed by atoms with Crippen LogP contribution < -0.4 is 15.8 Å². The van der Waals surface area contributed by atoms with Crippen molar-refractivity contribution in [1.82, 2.24) is 0 Å². The maximum atomic E-state index is 13.0. The van der Waals surface area contributed by atoms with Gasteiger partial charge in [-0.15, -0.1) is 0 Å². The number of alkyl halides is 3. The molecule has 0 fully saturated rings. The molecule has 5 nitrogen and oxygen atoms in total. The number of nitrogens with one attached hydrogen (secondary N) is 1. The van der Waals surface area contributed by atoms with Crippen LogP contribution in [0, 0.1) is 0 Å². The summed E-state index contributed by atoms with van der Waals surface area (Å²) >= 11 is 0. The van der Waals surface area contributed by atoms with Crippen molar-refractivity contribution in [2.75, 3.05) is 17.3 Å². The van der Waals surface area contributed by atoms with Crippen LogP contribution in [0.2, 0.25) is 0 Å². The van der Waals surface area contributed by atoms with E-state index in [0.717, 1.165) is 12.3 Å². The molecule has 0 amide bonds. The van der Waals surface area contributed by atoms with E-state index in [4.69, 9.17) is 10.5 Å². The Labute approximate surface area is 179 Å². The van der Waals surface area contributed by atoms with Crippen LogP contribution in [0.15, 0.2) is 71.6 Å². The fourth-order valence-corrected chi connectivity index (χ4v) is 3.27. The number of benzene rings is 3. The monoisotopic (exact) mass is 452 g/mol. The van der Waals surface area contributed by atoms with Gasteiger partial charge in [-0.25, -0.2) is 8.42 Å². The SMILES string of the molecule is CC.CS(=O)(=O)c1cccc(Oc2cccc(Nc3cccc(C(F)(F)F)c3N)c2)c1. The number of hydrogen-bond acceptors (Lipinski definition) is 5. The molecule has 3 rings (SSSR count). The lowest BCUT2D eigenvalue weighted by molar-refractivity contribution is -0.136. The van der Waals surface area contributed by atoms with Crippen molar-refractivity contribution in [2.24, 2.45) is 0 Å². The highest BCUT2D eigenvalue weighted by molar-refractivity contribution is 7.90. The number of sulfone groups is 1. The van der Waals surface area contributed by atoms with Crippen molar-refractivity contribution in [1.29, 1.82) is 0 Å². The molecule has 0 aliphatic rings. The first-order valence-corrected chi connectivity index (χ1v) is 11.2. The van der Waals surface area contributed by atoms with Gasteiger partial charge in [-0.1, -0.05) is 32.0 Å². The van der Waals surface area contributed by atoms with E-state index in [1.165, 1.54) is 24.3 Å². The summed E-state index contributed by atoms with van der Waals surface area (Å²) in [5, 5.41) is 2.85. The molecule has 166 valence electrons. The van der Waals surface area contributed by atoms with Gasteiger partial charge in [-0.3, -0.25) is 0 Å². The van der Waals surface area contributed by atoms with E-state index in [2.05, 4.69) is 5.32 Å². The lowest BCUT2D eigenvalue weighted by Crippen LogP contribution is -2.10. The fraction of sp³-hybridized carbons (Fsp3) is 0.182. The normalized spacial score (nSPS) is 11.3. The van der Waals surface area contributed by atoms with Gasteiger partial charge in [0.2, 0.25) is 0 Å². The van der Waals surface area contributed by atoms with Gasteiger partial charge in [0.1, 0.15) is 11.5 Å². The molecule has 0 saturated heterocycles. The summed E-state index contributed by atoms with van der Waals surface area (Å²) in [7, 11) is -3.39. The Morgan fingerprint density at radius 1 is 0.903 bits per heavy atom. The highest BCUT2D eigenvalue weighted by atomic mass is 32.2. The molecule has 0 aromatic heterocycles. The minimum absolute atomic E-state index is 0.107. The van der Waals surface area contributed by atoms with E-state index in [9.17, 15) is 21.6 Å². The van der Waals surface area contributed by atoms with Crippen molar-refractivity contribution in [3.8, 4) is 11.5 Å². The number of nitrogens with two attached hydrogens (primary N) is 1. The van der Waals surface area contributed by atoms with Crippen LogP contribution in [0.4, 0.5) is 30.2 Å². The molecule has 0 radical (unpaired) electrons. The summed E-state index contributed by atoms with van der Waals surface area (Å²) in [6, 6.07) is 16.1. The molecule has 0 saturated carbocycles.